The van der Waals surface area contributed by atoms with Crippen LogP contribution in [0.5, 0.6) is 5.75 Å². The van der Waals surface area contributed by atoms with Crippen molar-refractivity contribution in [1.82, 2.24) is 9.97 Å². The van der Waals surface area contributed by atoms with Crippen LogP contribution < -0.4 is 21.3 Å². The fourth-order valence-corrected chi connectivity index (χ4v) is 4.51. The van der Waals surface area contributed by atoms with Gasteiger partial charge in [-0.05, 0) is 35.7 Å². The second kappa shape index (κ2) is 9.27. The summed E-state index contributed by atoms with van der Waals surface area (Å²) in [7, 11) is 0. The molecule has 0 aliphatic carbocycles. The lowest BCUT2D eigenvalue weighted by Gasteiger charge is -2.24. The lowest BCUT2D eigenvalue weighted by molar-refractivity contribution is -0.120. The molecule has 4 N–H and O–H groups in total. The number of benzene rings is 2. The number of aromatic amines is 1. The van der Waals surface area contributed by atoms with E-state index >= 15 is 0 Å². The number of aromatic nitrogens is 2. The third kappa shape index (κ3) is 4.83. The average Bonchev–Trinajstić information content (AvgIpc) is 2.76. The van der Waals surface area contributed by atoms with Crippen molar-refractivity contribution < 1.29 is 14.3 Å². The molecular weight excluding hydrogens is 428 g/mol. The van der Waals surface area contributed by atoms with Crippen molar-refractivity contribution in [3.05, 3.63) is 81.1 Å². The van der Waals surface area contributed by atoms with Crippen molar-refractivity contribution in [3.63, 3.8) is 0 Å². The summed E-state index contributed by atoms with van der Waals surface area (Å²) in [4.78, 5) is 43.6. The molecule has 3 aromatic rings. The van der Waals surface area contributed by atoms with Crippen LogP contribution in [0, 0.1) is 6.92 Å². The first-order valence-corrected chi connectivity index (χ1v) is 11.0. The van der Waals surface area contributed by atoms with Gasteiger partial charge in [-0.15, -0.1) is 0 Å². The molecule has 0 unspecified atom stereocenters. The van der Waals surface area contributed by atoms with E-state index in [1.54, 1.807) is 24.3 Å². The fourth-order valence-electron chi connectivity index (χ4n) is 3.57. The van der Waals surface area contributed by atoms with E-state index in [9.17, 15) is 14.4 Å². The average molecular weight is 451 g/mol. The minimum Gasteiger partial charge on any atom is -0.484 e. The molecule has 1 aliphatic heterocycles. The van der Waals surface area contributed by atoms with Crippen molar-refractivity contribution in [2.24, 2.45) is 5.73 Å². The van der Waals surface area contributed by atoms with Gasteiger partial charge in [-0.3, -0.25) is 14.4 Å². The highest BCUT2D eigenvalue weighted by molar-refractivity contribution is 7.98. The molecule has 1 aliphatic rings. The van der Waals surface area contributed by atoms with Crippen LogP contribution in [0.2, 0.25) is 0 Å². The number of nitrogens with two attached hydrogens (primary N) is 1. The number of nitrogens with zero attached hydrogens (tertiary/aromatic N) is 1. The van der Waals surface area contributed by atoms with Gasteiger partial charge in [-0.25, -0.2) is 4.98 Å². The van der Waals surface area contributed by atoms with Crippen molar-refractivity contribution in [1.29, 1.82) is 0 Å². The number of anilines is 1. The summed E-state index contributed by atoms with van der Waals surface area (Å²) in [5, 5.41) is 3.19. The van der Waals surface area contributed by atoms with Crippen LogP contribution >= 0.6 is 11.8 Å². The number of H-pyrrole nitrogens is 1. The Morgan fingerprint density at radius 3 is 2.66 bits per heavy atom. The van der Waals surface area contributed by atoms with E-state index in [-0.39, 0.29) is 30.3 Å². The number of amides is 2. The van der Waals surface area contributed by atoms with Crippen LogP contribution in [0.15, 0.2) is 58.5 Å². The van der Waals surface area contributed by atoms with Gasteiger partial charge in [0.05, 0.1) is 5.56 Å². The van der Waals surface area contributed by atoms with E-state index < -0.39 is 11.8 Å². The summed E-state index contributed by atoms with van der Waals surface area (Å²) in [6.45, 7) is 1.81. The number of carbonyl (C=O) groups is 2. The number of thioether (sulfide) groups is 1. The Balaban J connectivity index is 1.58. The quantitative estimate of drug-likeness (QED) is 0.375. The number of ether oxygens (including phenoxy) is 1. The Hall–Kier alpha value is -3.59. The highest BCUT2D eigenvalue weighted by Gasteiger charge is 2.31. The molecule has 2 aromatic carbocycles. The maximum absolute atomic E-state index is 13.0. The second-order valence-electron chi connectivity index (χ2n) is 7.48. The standard InChI is InChI=1S/C23H22N4O4S/c1-13-4-2-3-5-15(13)12-32-23-26-21-20(22(30)27-23)17(10-19(29)25-21)14-6-8-16(9-7-14)31-11-18(24)28/h2-9,17H,10-12H2,1H3,(H2,24,28)(H2,25,26,27,29,30)/t17-/m0/s1. The maximum atomic E-state index is 13.0. The first-order chi connectivity index (χ1) is 15.4. The SMILES string of the molecule is Cc1ccccc1CSc1nc2c(c(=O)[nH]1)[C@H](c1ccc(OCC(N)=O)cc1)CC(=O)N2. The largest absolute Gasteiger partial charge is 0.484 e. The van der Waals surface area contributed by atoms with E-state index in [1.165, 1.54) is 11.8 Å². The second-order valence-corrected chi connectivity index (χ2v) is 8.44. The first-order valence-electron chi connectivity index (χ1n) is 10.0. The zero-order valence-electron chi connectivity index (χ0n) is 17.4. The number of fused-ring (bicyclic) bond motifs is 1. The Morgan fingerprint density at radius 1 is 1.19 bits per heavy atom. The number of hydrogen-bond acceptors (Lipinski definition) is 6. The third-order valence-corrected chi connectivity index (χ3v) is 6.14. The molecule has 0 bridgehead atoms. The Labute approximate surface area is 188 Å². The van der Waals surface area contributed by atoms with Crippen molar-refractivity contribution >= 4 is 29.4 Å². The molecule has 2 heterocycles. The van der Waals surface area contributed by atoms with Gasteiger partial charge >= 0.3 is 0 Å². The van der Waals surface area contributed by atoms with Crippen LogP contribution in [0.4, 0.5) is 5.82 Å². The molecule has 32 heavy (non-hydrogen) atoms. The van der Waals surface area contributed by atoms with Gasteiger partial charge in [0.1, 0.15) is 11.6 Å². The molecular formula is C23H22N4O4S. The summed E-state index contributed by atoms with van der Waals surface area (Å²) in [5.41, 5.74) is 8.33. The monoisotopic (exact) mass is 450 g/mol. The number of rotatable bonds is 7. The van der Waals surface area contributed by atoms with Crippen LogP contribution in [0.25, 0.3) is 0 Å². The summed E-state index contributed by atoms with van der Waals surface area (Å²) >= 11 is 1.41. The van der Waals surface area contributed by atoms with Gasteiger partial charge in [0.25, 0.3) is 11.5 Å². The van der Waals surface area contributed by atoms with Crippen LogP contribution in [-0.4, -0.2) is 28.4 Å². The van der Waals surface area contributed by atoms with Crippen molar-refractivity contribution in [3.8, 4) is 5.75 Å². The number of carbonyl (C=O) groups excluding carboxylic acids is 2. The highest BCUT2D eigenvalue weighted by Crippen LogP contribution is 2.35. The van der Waals surface area contributed by atoms with E-state index in [0.29, 0.717) is 22.2 Å². The minimum absolute atomic E-state index is 0.134. The predicted octanol–water partition coefficient (Wildman–Crippen LogP) is 2.71. The lowest BCUT2D eigenvalue weighted by atomic mass is 9.87. The summed E-state index contributed by atoms with van der Waals surface area (Å²) in [5.74, 6) is 0.207. The number of aryl methyl sites for hydroxylation is 1. The normalized spacial score (nSPS) is 15.0. The number of nitrogens with one attached hydrogen (secondary N) is 2. The van der Waals surface area contributed by atoms with Crippen LogP contribution in [0.1, 0.15) is 34.6 Å². The molecule has 0 spiro atoms. The van der Waals surface area contributed by atoms with E-state index in [2.05, 4.69) is 15.3 Å². The van der Waals surface area contributed by atoms with E-state index in [0.717, 1.165) is 16.7 Å². The molecule has 164 valence electrons. The Kier molecular flexibility index (Phi) is 6.27. The zero-order chi connectivity index (χ0) is 22.7. The van der Waals surface area contributed by atoms with Crippen LogP contribution in [-0.2, 0) is 15.3 Å². The summed E-state index contributed by atoms with van der Waals surface area (Å²) < 4.78 is 5.27. The Morgan fingerprint density at radius 2 is 1.94 bits per heavy atom. The van der Waals surface area contributed by atoms with Gasteiger partial charge in [0, 0.05) is 18.1 Å². The van der Waals surface area contributed by atoms with Gasteiger partial charge in [-0.2, -0.15) is 0 Å². The molecule has 2 amide bonds. The molecule has 0 fully saturated rings. The smallest absolute Gasteiger partial charge is 0.257 e. The Bertz CT molecular complexity index is 1220. The minimum atomic E-state index is -0.569. The fraction of sp³-hybridized carbons (Fsp3) is 0.217. The number of primary amides is 1. The highest BCUT2D eigenvalue weighted by atomic mass is 32.2. The number of hydrogen-bond donors (Lipinski definition) is 3. The zero-order valence-corrected chi connectivity index (χ0v) is 18.2. The topological polar surface area (TPSA) is 127 Å². The molecule has 1 aromatic heterocycles. The van der Waals surface area contributed by atoms with Crippen LogP contribution in [0.3, 0.4) is 0 Å². The predicted molar refractivity (Wildman–Crippen MR) is 122 cm³/mol. The molecule has 0 saturated heterocycles. The molecule has 0 radical (unpaired) electrons. The van der Waals surface area contributed by atoms with Crippen molar-refractivity contribution in [2.75, 3.05) is 11.9 Å². The van der Waals surface area contributed by atoms with Crippen molar-refractivity contribution in [2.45, 2.75) is 30.2 Å². The molecule has 0 saturated carbocycles. The molecule has 1 atom stereocenters. The summed E-state index contributed by atoms with van der Waals surface area (Å²) in [6.07, 6.45) is 0.134. The first kappa shape index (κ1) is 21.6. The van der Waals surface area contributed by atoms with Gasteiger partial charge in [-0.1, -0.05) is 48.2 Å². The van der Waals surface area contributed by atoms with Gasteiger partial charge < -0.3 is 20.8 Å². The molecule has 9 heteroatoms. The lowest BCUT2D eigenvalue weighted by Crippen LogP contribution is -2.31. The van der Waals surface area contributed by atoms with E-state index in [1.807, 2.05) is 31.2 Å². The van der Waals surface area contributed by atoms with Gasteiger partial charge in [0.2, 0.25) is 5.91 Å². The molecule has 8 nitrogen and oxygen atoms in total. The van der Waals surface area contributed by atoms with E-state index in [4.69, 9.17) is 10.5 Å². The molecule has 4 rings (SSSR count). The maximum Gasteiger partial charge on any atom is 0.257 e. The third-order valence-electron chi connectivity index (χ3n) is 5.22. The summed E-state index contributed by atoms with van der Waals surface area (Å²) in [6, 6.07) is 14.9. The van der Waals surface area contributed by atoms with Gasteiger partial charge in [0.15, 0.2) is 11.8 Å².